The number of benzene rings is 1. The van der Waals surface area contributed by atoms with Crippen molar-refractivity contribution in [3.05, 3.63) is 27.8 Å². The first kappa shape index (κ1) is 14.5. The molecule has 0 radical (unpaired) electrons. The Morgan fingerprint density at radius 3 is 2.12 bits per heavy atom. The van der Waals surface area contributed by atoms with Crippen molar-refractivity contribution in [1.29, 1.82) is 0 Å². The molecule has 0 saturated heterocycles. The van der Waals surface area contributed by atoms with Gasteiger partial charge in [-0.1, -0.05) is 0 Å². The standard InChI is InChI=1S/C8H8F3IO4S/c1-12(6-2-4-7(13)5-3-6)16-17(14,15)8(9,10)11/h2-5,13H,1H3. The third kappa shape index (κ3) is 3.71. The number of phenolic OH excluding ortho intramolecular Hbond substituents is 1. The minimum absolute atomic E-state index is 0.0586. The number of rotatable bonds is 3. The Kier molecular flexibility index (Phi) is 4.25. The molecule has 17 heavy (non-hydrogen) atoms. The molecule has 1 aromatic carbocycles. The maximum absolute atomic E-state index is 12.0. The topological polar surface area (TPSA) is 63.6 Å². The Bertz CT molecular complexity index is 482. The van der Waals surface area contributed by atoms with E-state index in [1.165, 1.54) is 29.2 Å². The average molecular weight is 384 g/mol. The van der Waals surface area contributed by atoms with Gasteiger partial charge in [0.2, 0.25) is 0 Å². The number of phenols is 1. The maximum atomic E-state index is 12.0. The van der Waals surface area contributed by atoms with E-state index in [0.29, 0.717) is 3.57 Å². The van der Waals surface area contributed by atoms with Gasteiger partial charge in [0.25, 0.3) is 0 Å². The van der Waals surface area contributed by atoms with E-state index in [0.717, 1.165) is 0 Å². The number of hydrogen-bond acceptors (Lipinski definition) is 4. The fourth-order valence-corrected chi connectivity index (χ4v) is 5.94. The molecule has 0 heterocycles. The zero-order chi connectivity index (χ0) is 13.3. The fraction of sp³-hybridized carbons (Fsp3) is 0.250. The molecule has 0 aliphatic heterocycles. The summed E-state index contributed by atoms with van der Waals surface area (Å²) in [5.74, 6) is -0.0586. The summed E-state index contributed by atoms with van der Waals surface area (Å²) in [7, 11) is -5.55. The van der Waals surface area contributed by atoms with E-state index in [2.05, 4.69) is 2.51 Å². The van der Waals surface area contributed by atoms with Crippen LogP contribution in [0.25, 0.3) is 0 Å². The Morgan fingerprint density at radius 2 is 1.71 bits per heavy atom. The van der Waals surface area contributed by atoms with Gasteiger partial charge in [0, 0.05) is 0 Å². The van der Waals surface area contributed by atoms with Crippen LogP contribution in [-0.4, -0.2) is 24.0 Å². The second-order valence-corrected chi connectivity index (χ2v) is 9.08. The molecule has 4 nitrogen and oxygen atoms in total. The van der Waals surface area contributed by atoms with E-state index in [4.69, 9.17) is 5.11 Å². The molecule has 0 fully saturated rings. The van der Waals surface area contributed by atoms with Gasteiger partial charge in [0.15, 0.2) is 0 Å². The molecule has 0 bridgehead atoms. The molecule has 0 unspecified atom stereocenters. The van der Waals surface area contributed by atoms with Crippen LogP contribution in [0, 0.1) is 3.57 Å². The summed E-state index contributed by atoms with van der Waals surface area (Å²) in [4.78, 5) is 1.32. The van der Waals surface area contributed by atoms with Gasteiger partial charge in [0.05, 0.1) is 0 Å². The monoisotopic (exact) mass is 384 g/mol. The van der Waals surface area contributed by atoms with Crippen LogP contribution >= 0.6 is 20.2 Å². The molecule has 1 aromatic rings. The molecule has 1 N–H and O–H groups in total. The summed E-state index contributed by atoms with van der Waals surface area (Å²) in [5.41, 5.74) is -5.41. The van der Waals surface area contributed by atoms with Gasteiger partial charge < -0.3 is 0 Å². The van der Waals surface area contributed by atoms with Crippen molar-refractivity contribution < 1.29 is 29.2 Å². The van der Waals surface area contributed by atoms with Crippen LogP contribution in [0.5, 0.6) is 5.75 Å². The van der Waals surface area contributed by atoms with E-state index in [1.807, 2.05) is 0 Å². The number of hydrogen-bond donors (Lipinski definition) is 1. The summed E-state index contributed by atoms with van der Waals surface area (Å²) in [5, 5.41) is 8.98. The summed E-state index contributed by atoms with van der Waals surface area (Å²) >= 11 is -2.91. The van der Waals surface area contributed by atoms with Crippen LogP contribution in [0.3, 0.4) is 0 Å². The van der Waals surface area contributed by atoms with E-state index >= 15 is 0 Å². The van der Waals surface area contributed by atoms with Crippen molar-refractivity contribution in [3.8, 4) is 5.75 Å². The molecule has 0 saturated carbocycles. The minimum atomic E-state index is -5.55. The molecule has 0 spiro atoms. The molecule has 1 rings (SSSR count). The normalized spacial score (nSPS) is 13.5. The SMILES string of the molecule is CI(OS(=O)(=O)C(F)(F)F)c1ccc(O)cc1. The quantitative estimate of drug-likeness (QED) is 0.494. The Hall–Kier alpha value is -0.550. The van der Waals surface area contributed by atoms with Gasteiger partial charge in [-0.3, -0.25) is 0 Å². The average Bonchev–Trinajstić information content (AvgIpc) is 2.16. The van der Waals surface area contributed by atoms with E-state index in [9.17, 15) is 21.6 Å². The molecule has 0 aliphatic rings. The third-order valence-electron chi connectivity index (χ3n) is 1.59. The van der Waals surface area contributed by atoms with Crippen molar-refractivity contribution in [2.24, 2.45) is 0 Å². The van der Waals surface area contributed by atoms with E-state index in [-0.39, 0.29) is 5.75 Å². The second kappa shape index (κ2) is 4.98. The summed E-state index contributed by atoms with van der Waals surface area (Å²) in [6, 6.07) is 5.19. The van der Waals surface area contributed by atoms with E-state index in [1.54, 1.807) is 0 Å². The molecule has 9 heteroatoms. The van der Waals surface area contributed by atoms with Crippen LogP contribution in [0.2, 0.25) is 0 Å². The first-order valence-corrected chi connectivity index (χ1v) is 9.56. The zero-order valence-electron chi connectivity index (χ0n) is 8.40. The zero-order valence-corrected chi connectivity index (χ0v) is 11.4. The van der Waals surface area contributed by atoms with Crippen LogP contribution in [0.15, 0.2) is 24.3 Å². The number of aromatic hydroxyl groups is 1. The second-order valence-electron chi connectivity index (χ2n) is 2.86. The van der Waals surface area contributed by atoms with E-state index < -0.39 is 35.9 Å². The van der Waals surface area contributed by atoms with Gasteiger partial charge in [-0.05, 0) is 0 Å². The van der Waals surface area contributed by atoms with Gasteiger partial charge >= 0.3 is 104 Å². The molecule has 98 valence electrons. The summed E-state index contributed by atoms with van der Waals surface area (Å²) in [6.07, 6.45) is 0. The molecule has 0 aliphatic carbocycles. The summed E-state index contributed by atoms with van der Waals surface area (Å²) in [6.45, 7) is 0. The fourth-order valence-electron chi connectivity index (χ4n) is 0.815. The van der Waals surface area contributed by atoms with Crippen LogP contribution in [0.1, 0.15) is 0 Å². The van der Waals surface area contributed by atoms with Crippen molar-refractivity contribution in [3.63, 3.8) is 0 Å². The predicted molar refractivity (Wildman–Crippen MR) is 62.8 cm³/mol. The van der Waals surface area contributed by atoms with Crippen LogP contribution in [0.4, 0.5) is 13.2 Å². The Morgan fingerprint density at radius 1 is 1.24 bits per heavy atom. The first-order valence-electron chi connectivity index (χ1n) is 4.04. The Balaban J connectivity index is 2.87. The van der Waals surface area contributed by atoms with Crippen molar-refractivity contribution >= 4 is 30.4 Å². The Labute approximate surface area is 103 Å². The van der Waals surface area contributed by atoms with Gasteiger partial charge in [0.1, 0.15) is 0 Å². The molecule has 0 aromatic heterocycles. The van der Waals surface area contributed by atoms with Crippen LogP contribution in [-0.2, 0) is 12.6 Å². The number of halogens is 4. The molecular formula is C8H8F3IO4S. The third-order valence-corrected chi connectivity index (χ3v) is 8.03. The van der Waals surface area contributed by atoms with Gasteiger partial charge in [-0.2, -0.15) is 0 Å². The van der Waals surface area contributed by atoms with Crippen molar-refractivity contribution in [2.45, 2.75) is 5.51 Å². The molecule has 0 atom stereocenters. The van der Waals surface area contributed by atoms with Crippen molar-refractivity contribution in [1.82, 2.24) is 0 Å². The molecular weight excluding hydrogens is 376 g/mol. The van der Waals surface area contributed by atoms with Crippen LogP contribution < -0.4 is 0 Å². The predicted octanol–water partition coefficient (Wildman–Crippen LogP) is 2.48. The van der Waals surface area contributed by atoms with Gasteiger partial charge in [-0.25, -0.2) is 0 Å². The van der Waals surface area contributed by atoms with Gasteiger partial charge in [-0.15, -0.1) is 0 Å². The van der Waals surface area contributed by atoms with Crippen molar-refractivity contribution in [2.75, 3.05) is 4.93 Å². The molecule has 0 amide bonds. The number of alkyl halides is 4. The summed E-state index contributed by atoms with van der Waals surface area (Å²) < 4.78 is 62.1. The first-order chi connectivity index (χ1) is 7.63.